The molecule has 0 bridgehead atoms. The molecule has 3 aromatic rings. The third-order valence-electron chi connectivity index (χ3n) is 3.67. The normalized spacial score (nSPS) is 13.8. The van der Waals surface area contributed by atoms with E-state index >= 15 is 0 Å². The molecule has 0 aliphatic carbocycles. The van der Waals surface area contributed by atoms with Gasteiger partial charge in [-0.05, 0) is 24.3 Å². The van der Waals surface area contributed by atoms with E-state index in [1.165, 1.54) is 16.2 Å². The molecule has 3 heterocycles. The first kappa shape index (κ1) is 15.4. The molecular formula is C17H13N3O4S. The maximum atomic E-state index is 12.5. The number of anilines is 2. The Morgan fingerprint density at radius 1 is 1.24 bits per heavy atom. The van der Waals surface area contributed by atoms with Gasteiger partial charge in [0.15, 0.2) is 10.8 Å². The van der Waals surface area contributed by atoms with Gasteiger partial charge in [0.2, 0.25) is 0 Å². The maximum Gasteiger partial charge on any atom is 0.414 e. The van der Waals surface area contributed by atoms with E-state index in [0.29, 0.717) is 35.3 Å². The van der Waals surface area contributed by atoms with Gasteiger partial charge < -0.3 is 14.5 Å². The highest BCUT2D eigenvalue weighted by Gasteiger charge is 2.26. The molecule has 1 aliphatic heterocycles. The second kappa shape index (κ2) is 6.40. The van der Waals surface area contributed by atoms with Gasteiger partial charge in [-0.15, -0.1) is 11.3 Å². The molecule has 4 rings (SSSR count). The Hall–Kier alpha value is -3.13. The van der Waals surface area contributed by atoms with Gasteiger partial charge in [0.05, 0.1) is 24.2 Å². The molecule has 0 radical (unpaired) electrons. The molecule has 126 valence electrons. The number of thiazole rings is 1. The fraction of sp³-hybridized carbons (Fsp3) is 0.118. The number of nitrogens with zero attached hydrogens (tertiary/aromatic N) is 2. The molecule has 0 unspecified atom stereocenters. The Bertz CT molecular complexity index is 920. The monoisotopic (exact) mass is 355 g/mol. The van der Waals surface area contributed by atoms with Crippen LogP contribution in [0.15, 0.2) is 52.5 Å². The van der Waals surface area contributed by atoms with Crippen LogP contribution in [0.25, 0.3) is 10.8 Å². The summed E-state index contributed by atoms with van der Waals surface area (Å²) in [6, 6.07) is 10.6. The zero-order valence-electron chi connectivity index (χ0n) is 13.0. The Kier molecular flexibility index (Phi) is 3.95. The lowest BCUT2D eigenvalue weighted by Crippen LogP contribution is -2.25. The number of hydrogen-bond donors (Lipinski definition) is 1. The molecule has 0 atom stereocenters. The summed E-state index contributed by atoms with van der Waals surface area (Å²) in [6.07, 6.45) is 1.14. The fourth-order valence-corrected chi connectivity index (χ4v) is 3.27. The van der Waals surface area contributed by atoms with Crippen LogP contribution in [0.4, 0.5) is 16.2 Å². The fourth-order valence-electron chi connectivity index (χ4n) is 2.50. The van der Waals surface area contributed by atoms with Gasteiger partial charge in [-0.25, -0.2) is 9.78 Å². The van der Waals surface area contributed by atoms with Gasteiger partial charge >= 0.3 is 6.09 Å². The van der Waals surface area contributed by atoms with Gasteiger partial charge in [-0.1, -0.05) is 12.1 Å². The topological polar surface area (TPSA) is 84.7 Å². The van der Waals surface area contributed by atoms with Crippen LogP contribution in [0.2, 0.25) is 0 Å². The van der Waals surface area contributed by atoms with Gasteiger partial charge in [0, 0.05) is 5.38 Å². The van der Waals surface area contributed by atoms with Crippen LogP contribution in [0.5, 0.6) is 0 Å². The van der Waals surface area contributed by atoms with E-state index in [9.17, 15) is 9.59 Å². The molecule has 1 aromatic carbocycles. The highest BCUT2D eigenvalue weighted by molar-refractivity contribution is 7.13. The SMILES string of the molecule is O=C(Nc1ccccc1N1CCOC1=O)c1csc(-c2ccco2)n1. The molecule has 1 fully saturated rings. The van der Waals surface area contributed by atoms with Crippen molar-refractivity contribution >= 4 is 34.7 Å². The van der Waals surface area contributed by atoms with Crippen LogP contribution in [0.1, 0.15) is 10.5 Å². The number of carbonyl (C=O) groups is 2. The molecule has 1 aliphatic rings. The molecule has 8 heteroatoms. The van der Waals surface area contributed by atoms with E-state index < -0.39 is 6.09 Å². The number of hydrogen-bond acceptors (Lipinski definition) is 6. The number of rotatable bonds is 4. The molecule has 2 amide bonds. The third-order valence-corrected chi connectivity index (χ3v) is 4.53. The van der Waals surface area contributed by atoms with E-state index in [-0.39, 0.29) is 11.6 Å². The number of ether oxygens (including phenoxy) is 1. The summed E-state index contributed by atoms with van der Waals surface area (Å²) < 4.78 is 10.2. The summed E-state index contributed by atoms with van der Waals surface area (Å²) in [5.41, 5.74) is 1.41. The molecule has 1 N–H and O–H groups in total. The van der Waals surface area contributed by atoms with E-state index in [1.807, 2.05) is 0 Å². The van der Waals surface area contributed by atoms with Crippen molar-refractivity contribution in [1.29, 1.82) is 0 Å². The number of furan rings is 1. The van der Waals surface area contributed by atoms with E-state index in [4.69, 9.17) is 9.15 Å². The van der Waals surface area contributed by atoms with Crippen LogP contribution in [0, 0.1) is 0 Å². The summed E-state index contributed by atoms with van der Waals surface area (Å²) in [5, 5.41) is 5.11. The van der Waals surface area contributed by atoms with Crippen molar-refractivity contribution in [3.05, 3.63) is 53.7 Å². The summed E-state index contributed by atoms with van der Waals surface area (Å²) in [5.74, 6) is 0.262. The minimum atomic E-state index is -0.421. The lowest BCUT2D eigenvalue weighted by Gasteiger charge is -2.17. The molecule has 0 spiro atoms. The zero-order chi connectivity index (χ0) is 17.2. The molecule has 7 nitrogen and oxygen atoms in total. The largest absolute Gasteiger partial charge is 0.462 e. The van der Waals surface area contributed by atoms with Gasteiger partial charge in [-0.2, -0.15) is 0 Å². The number of benzene rings is 1. The zero-order valence-corrected chi connectivity index (χ0v) is 13.8. The van der Waals surface area contributed by atoms with Gasteiger partial charge in [0.1, 0.15) is 12.3 Å². The molecular weight excluding hydrogens is 342 g/mol. The van der Waals surface area contributed by atoms with Crippen molar-refractivity contribution in [2.45, 2.75) is 0 Å². The Labute approximate surface area is 146 Å². The molecule has 0 saturated carbocycles. The number of carbonyl (C=O) groups excluding carboxylic acids is 2. The second-order valence-corrected chi connectivity index (χ2v) is 6.11. The van der Waals surface area contributed by atoms with Crippen molar-refractivity contribution in [1.82, 2.24) is 4.98 Å². The maximum absolute atomic E-state index is 12.5. The number of cyclic esters (lactones) is 1. The smallest absolute Gasteiger partial charge is 0.414 e. The number of aromatic nitrogens is 1. The first-order valence-electron chi connectivity index (χ1n) is 7.56. The van der Waals surface area contributed by atoms with Crippen molar-refractivity contribution in [2.75, 3.05) is 23.4 Å². The van der Waals surface area contributed by atoms with Crippen LogP contribution < -0.4 is 10.2 Å². The van der Waals surface area contributed by atoms with Crippen LogP contribution in [0.3, 0.4) is 0 Å². The summed E-state index contributed by atoms with van der Waals surface area (Å²) in [4.78, 5) is 30.1. The Balaban J connectivity index is 1.56. The van der Waals surface area contributed by atoms with Crippen molar-refractivity contribution in [2.24, 2.45) is 0 Å². The summed E-state index contributed by atoms with van der Waals surface area (Å²) >= 11 is 1.33. The quantitative estimate of drug-likeness (QED) is 0.773. The summed E-state index contributed by atoms with van der Waals surface area (Å²) in [6.45, 7) is 0.783. The second-order valence-electron chi connectivity index (χ2n) is 5.25. The lowest BCUT2D eigenvalue weighted by molar-refractivity contribution is 0.102. The van der Waals surface area contributed by atoms with E-state index in [2.05, 4.69) is 10.3 Å². The standard InChI is InChI=1S/C17H13N3O4S/c21-15(12-10-25-16(19-12)14-6-3-8-23-14)18-11-4-1-2-5-13(11)20-7-9-24-17(20)22/h1-6,8,10H,7,9H2,(H,18,21). The van der Waals surface area contributed by atoms with Crippen molar-refractivity contribution in [3.8, 4) is 10.8 Å². The first-order chi connectivity index (χ1) is 12.2. The predicted molar refractivity (Wildman–Crippen MR) is 92.9 cm³/mol. The Morgan fingerprint density at radius 3 is 2.88 bits per heavy atom. The van der Waals surface area contributed by atoms with Crippen molar-refractivity contribution < 1.29 is 18.7 Å². The van der Waals surface area contributed by atoms with E-state index in [1.54, 1.807) is 48.0 Å². The highest BCUT2D eigenvalue weighted by atomic mass is 32.1. The third kappa shape index (κ3) is 2.99. The van der Waals surface area contributed by atoms with Crippen LogP contribution >= 0.6 is 11.3 Å². The summed E-state index contributed by atoms with van der Waals surface area (Å²) in [7, 11) is 0. The van der Waals surface area contributed by atoms with Gasteiger partial charge in [-0.3, -0.25) is 9.69 Å². The molecule has 2 aromatic heterocycles. The average Bonchev–Trinajstić information content (AvgIpc) is 3.36. The lowest BCUT2D eigenvalue weighted by atomic mass is 10.2. The average molecular weight is 355 g/mol. The highest BCUT2D eigenvalue weighted by Crippen LogP contribution is 2.29. The van der Waals surface area contributed by atoms with E-state index in [0.717, 1.165) is 0 Å². The minimum Gasteiger partial charge on any atom is -0.462 e. The molecule has 1 saturated heterocycles. The minimum absolute atomic E-state index is 0.287. The molecule has 25 heavy (non-hydrogen) atoms. The van der Waals surface area contributed by atoms with Crippen molar-refractivity contribution in [3.63, 3.8) is 0 Å². The number of para-hydroxylation sites is 2. The van der Waals surface area contributed by atoms with Gasteiger partial charge in [0.25, 0.3) is 5.91 Å². The predicted octanol–water partition coefficient (Wildman–Crippen LogP) is 3.61. The van der Waals surface area contributed by atoms with Crippen LogP contribution in [-0.2, 0) is 4.74 Å². The Morgan fingerprint density at radius 2 is 2.12 bits per heavy atom. The number of nitrogens with one attached hydrogen (secondary N) is 1. The number of amides is 2. The first-order valence-corrected chi connectivity index (χ1v) is 8.44. The van der Waals surface area contributed by atoms with Crippen LogP contribution in [-0.4, -0.2) is 30.1 Å².